The van der Waals surface area contributed by atoms with E-state index in [1.165, 1.54) is 6.42 Å². The van der Waals surface area contributed by atoms with Crippen molar-refractivity contribution in [1.29, 1.82) is 0 Å². The Bertz CT molecular complexity index is 704. The van der Waals surface area contributed by atoms with Gasteiger partial charge in [0, 0.05) is 30.8 Å². The number of amides is 2. The Hall–Kier alpha value is -2.62. The Morgan fingerprint density at radius 3 is 2.24 bits per heavy atom. The molecule has 2 aromatic rings. The van der Waals surface area contributed by atoms with E-state index in [-0.39, 0.29) is 11.8 Å². The van der Waals surface area contributed by atoms with Gasteiger partial charge in [0.15, 0.2) is 0 Å². The number of nitrogens with zero attached hydrogens (tertiary/aromatic N) is 1. The van der Waals surface area contributed by atoms with Crippen LogP contribution in [0.25, 0.3) is 0 Å². The fraction of sp³-hybridized carbons (Fsp3) is 0.333. The fourth-order valence-corrected chi connectivity index (χ4v) is 3.10. The molecule has 1 fully saturated rings. The van der Waals surface area contributed by atoms with Crippen LogP contribution in [0.1, 0.15) is 41.6 Å². The number of likely N-dealkylation sites (tertiary alicyclic amines) is 1. The average Bonchev–Trinajstić information content (AvgIpc) is 2.68. The largest absolute Gasteiger partial charge is 0.339 e. The Morgan fingerprint density at radius 2 is 1.56 bits per heavy atom. The molecule has 0 aromatic heterocycles. The lowest BCUT2D eigenvalue weighted by molar-refractivity contribution is -0.116. The topological polar surface area (TPSA) is 49.4 Å². The van der Waals surface area contributed by atoms with Crippen LogP contribution in [0.15, 0.2) is 54.6 Å². The van der Waals surface area contributed by atoms with Gasteiger partial charge in [0.25, 0.3) is 5.91 Å². The average molecular weight is 336 g/mol. The highest BCUT2D eigenvalue weighted by Crippen LogP contribution is 2.16. The zero-order valence-corrected chi connectivity index (χ0v) is 14.4. The van der Waals surface area contributed by atoms with Crippen LogP contribution in [0.5, 0.6) is 0 Å². The summed E-state index contributed by atoms with van der Waals surface area (Å²) >= 11 is 0. The molecule has 4 nitrogen and oxygen atoms in total. The number of benzene rings is 2. The van der Waals surface area contributed by atoms with Crippen LogP contribution in [0, 0.1) is 0 Å². The molecule has 1 aliphatic rings. The quantitative estimate of drug-likeness (QED) is 0.901. The van der Waals surface area contributed by atoms with Crippen LogP contribution in [0.2, 0.25) is 0 Å². The Labute approximate surface area is 148 Å². The first-order valence-electron chi connectivity index (χ1n) is 8.95. The number of hydrogen-bond donors (Lipinski definition) is 1. The summed E-state index contributed by atoms with van der Waals surface area (Å²) in [5.41, 5.74) is 2.57. The van der Waals surface area contributed by atoms with E-state index in [4.69, 9.17) is 0 Å². The molecule has 0 saturated carbocycles. The first kappa shape index (κ1) is 17.2. The number of aryl methyl sites for hydroxylation is 1. The maximum Gasteiger partial charge on any atom is 0.253 e. The lowest BCUT2D eigenvalue weighted by Crippen LogP contribution is -2.35. The highest BCUT2D eigenvalue weighted by atomic mass is 16.2. The lowest BCUT2D eigenvalue weighted by atomic mass is 10.1. The van der Waals surface area contributed by atoms with Crippen molar-refractivity contribution in [2.24, 2.45) is 0 Å². The monoisotopic (exact) mass is 336 g/mol. The van der Waals surface area contributed by atoms with Crippen LogP contribution in [0.4, 0.5) is 5.69 Å². The van der Waals surface area contributed by atoms with Gasteiger partial charge in [0.05, 0.1) is 0 Å². The molecule has 0 radical (unpaired) electrons. The van der Waals surface area contributed by atoms with Gasteiger partial charge in [-0.2, -0.15) is 0 Å². The number of hydrogen-bond acceptors (Lipinski definition) is 2. The second-order valence-electron chi connectivity index (χ2n) is 6.46. The van der Waals surface area contributed by atoms with Gasteiger partial charge in [0.1, 0.15) is 0 Å². The van der Waals surface area contributed by atoms with Gasteiger partial charge in [0.2, 0.25) is 5.91 Å². The molecule has 1 aliphatic heterocycles. The van der Waals surface area contributed by atoms with E-state index in [2.05, 4.69) is 5.32 Å². The van der Waals surface area contributed by atoms with Gasteiger partial charge in [-0.05, 0) is 55.5 Å². The zero-order valence-electron chi connectivity index (χ0n) is 14.4. The van der Waals surface area contributed by atoms with Gasteiger partial charge >= 0.3 is 0 Å². The van der Waals surface area contributed by atoms with Gasteiger partial charge < -0.3 is 10.2 Å². The minimum Gasteiger partial charge on any atom is -0.339 e. The first-order chi connectivity index (χ1) is 12.2. The third-order valence-electron chi connectivity index (χ3n) is 4.54. The molecule has 3 rings (SSSR count). The standard InChI is InChI=1S/C21H24N2O2/c24-20(14-9-17-7-3-1-4-8-17)22-19-12-10-18(11-13-19)21(25)23-15-5-2-6-16-23/h1,3-4,7-8,10-13H,2,5-6,9,14-16H2,(H,22,24). The van der Waals surface area contributed by atoms with Crippen LogP contribution in [-0.2, 0) is 11.2 Å². The van der Waals surface area contributed by atoms with E-state index < -0.39 is 0 Å². The Morgan fingerprint density at radius 1 is 0.880 bits per heavy atom. The van der Waals surface area contributed by atoms with Crippen molar-refractivity contribution in [3.05, 3.63) is 65.7 Å². The normalized spacial score (nSPS) is 14.2. The molecule has 4 heteroatoms. The van der Waals surface area contributed by atoms with Crippen molar-refractivity contribution in [1.82, 2.24) is 4.90 Å². The smallest absolute Gasteiger partial charge is 0.253 e. The minimum atomic E-state index is -0.0149. The summed E-state index contributed by atoms with van der Waals surface area (Å²) in [7, 11) is 0. The molecule has 2 amide bonds. The molecule has 0 atom stereocenters. The molecular weight excluding hydrogens is 312 g/mol. The van der Waals surface area contributed by atoms with Crippen LogP contribution < -0.4 is 5.32 Å². The number of anilines is 1. The summed E-state index contributed by atoms with van der Waals surface area (Å²) in [6.45, 7) is 1.69. The van der Waals surface area contributed by atoms with E-state index in [0.29, 0.717) is 12.0 Å². The number of nitrogens with one attached hydrogen (secondary N) is 1. The summed E-state index contributed by atoms with van der Waals surface area (Å²) in [6.07, 6.45) is 4.54. The predicted octanol–water partition coefficient (Wildman–Crippen LogP) is 3.88. The molecule has 0 bridgehead atoms. The third kappa shape index (κ3) is 4.92. The van der Waals surface area contributed by atoms with Gasteiger partial charge in [-0.3, -0.25) is 9.59 Å². The fourth-order valence-electron chi connectivity index (χ4n) is 3.10. The third-order valence-corrected chi connectivity index (χ3v) is 4.54. The van der Waals surface area contributed by atoms with Gasteiger partial charge in [-0.25, -0.2) is 0 Å². The lowest BCUT2D eigenvalue weighted by Gasteiger charge is -2.26. The number of rotatable bonds is 5. The van der Waals surface area contributed by atoms with Crippen molar-refractivity contribution in [3.63, 3.8) is 0 Å². The maximum absolute atomic E-state index is 12.4. The molecule has 0 spiro atoms. The molecule has 25 heavy (non-hydrogen) atoms. The van der Waals surface area contributed by atoms with Crippen LogP contribution >= 0.6 is 0 Å². The molecule has 2 aromatic carbocycles. The van der Waals surface area contributed by atoms with Crippen LogP contribution in [-0.4, -0.2) is 29.8 Å². The van der Waals surface area contributed by atoms with Crippen molar-refractivity contribution in [2.75, 3.05) is 18.4 Å². The summed E-state index contributed by atoms with van der Waals surface area (Å²) in [4.78, 5) is 26.4. The molecular formula is C21H24N2O2. The number of piperidine rings is 1. The van der Waals surface area contributed by atoms with E-state index in [1.807, 2.05) is 35.2 Å². The molecule has 130 valence electrons. The summed E-state index contributed by atoms with van der Waals surface area (Å²) in [6, 6.07) is 17.2. The minimum absolute atomic E-state index is 0.0149. The molecule has 0 unspecified atom stereocenters. The summed E-state index contributed by atoms with van der Waals surface area (Å²) in [5, 5.41) is 2.89. The Kier molecular flexibility index (Phi) is 5.83. The van der Waals surface area contributed by atoms with E-state index >= 15 is 0 Å². The highest BCUT2D eigenvalue weighted by molar-refractivity contribution is 5.95. The first-order valence-corrected chi connectivity index (χ1v) is 8.95. The maximum atomic E-state index is 12.4. The van der Waals surface area contributed by atoms with Crippen molar-refractivity contribution in [2.45, 2.75) is 32.1 Å². The van der Waals surface area contributed by atoms with Gasteiger partial charge in [-0.1, -0.05) is 30.3 Å². The van der Waals surface area contributed by atoms with Crippen molar-refractivity contribution < 1.29 is 9.59 Å². The number of carbonyl (C=O) groups excluding carboxylic acids is 2. The SMILES string of the molecule is O=C(CCc1ccccc1)Nc1ccc(C(=O)N2CCCCC2)cc1. The second-order valence-corrected chi connectivity index (χ2v) is 6.46. The van der Waals surface area contributed by atoms with E-state index in [0.717, 1.165) is 43.6 Å². The second kappa shape index (κ2) is 8.47. The van der Waals surface area contributed by atoms with Crippen LogP contribution in [0.3, 0.4) is 0 Å². The summed E-state index contributed by atoms with van der Waals surface area (Å²) in [5.74, 6) is 0.0700. The molecule has 0 aliphatic carbocycles. The Balaban J connectivity index is 1.51. The molecule has 1 saturated heterocycles. The molecule has 1 N–H and O–H groups in total. The summed E-state index contributed by atoms with van der Waals surface area (Å²) < 4.78 is 0. The highest BCUT2D eigenvalue weighted by Gasteiger charge is 2.17. The molecule has 1 heterocycles. The van der Waals surface area contributed by atoms with Crippen molar-refractivity contribution in [3.8, 4) is 0 Å². The van der Waals surface area contributed by atoms with Gasteiger partial charge in [-0.15, -0.1) is 0 Å². The van der Waals surface area contributed by atoms with Crippen molar-refractivity contribution >= 4 is 17.5 Å². The van der Waals surface area contributed by atoms with E-state index in [9.17, 15) is 9.59 Å². The zero-order chi connectivity index (χ0) is 17.5. The number of carbonyl (C=O) groups is 2. The predicted molar refractivity (Wildman–Crippen MR) is 99.6 cm³/mol. The van der Waals surface area contributed by atoms with E-state index in [1.54, 1.807) is 24.3 Å².